The van der Waals surface area contributed by atoms with Gasteiger partial charge in [0.2, 0.25) is 0 Å². The van der Waals surface area contributed by atoms with Crippen molar-refractivity contribution in [2.75, 3.05) is 6.61 Å². The van der Waals surface area contributed by atoms with Gasteiger partial charge in [0.1, 0.15) is 5.60 Å². The standard InChI is InChI=1S/C20H29NO5/c1-20(2,3)26-19(25)21(17-10-6-15(13-22)7-11-17)12-14-4-8-16(9-5-14)18(23)24/h4-5,8-9,15,17,22H,6-7,10-13H2,1-3H3,(H,23,24). The average molecular weight is 363 g/mol. The van der Waals surface area contributed by atoms with E-state index in [-0.39, 0.29) is 24.3 Å². The molecule has 0 bridgehead atoms. The summed E-state index contributed by atoms with van der Waals surface area (Å²) < 4.78 is 5.58. The summed E-state index contributed by atoms with van der Waals surface area (Å²) in [6, 6.07) is 6.63. The number of aliphatic hydroxyl groups excluding tert-OH is 1. The van der Waals surface area contributed by atoms with Crippen molar-refractivity contribution >= 4 is 12.1 Å². The Morgan fingerprint density at radius 3 is 2.15 bits per heavy atom. The summed E-state index contributed by atoms with van der Waals surface area (Å²) in [5, 5.41) is 18.4. The highest BCUT2D eigenvalue weighted by molar-refractivity contribution is 5.87. The van der Waals surface area contributed by atoms with Crippen molar-refractivity contribution in [1.29, 1.82) is 0 Å². The Morgan fingerprint density at radius 2 is 1.69 bits per heavy atom. The van der Waals surface area contributed by atoms with Gasteiger partial charge < -0.3 is 19.8 Å². The van der Waals surface area contributed by atoms with E-state index >= 15 is 0 Å². The monoisotopic (exact) mass is 363 g/mol. The van der Waals surface area contributed by atoms with Crippen molar-refractivity contribution < 1.29 is 24.5 Å². The molecule has 0 heterocycles. The van der Waals surface area contributed by atoms with E-state index < -0.39 is 11.6 Å². The van der Waals surface area contributed by atoms with Crippen LogP contribution in [0.25, 0.3) is 0 Å². The molecule has 1 saturated carbocycles. The molecule has 1 aliphatic rings. The topological polar surface area (TPSA) is 87.1 Å². The van der Waals surface area contributed by atoms with Gasteiger partial charge in [-0.3, -0.25) is 0 Å². The lowest BCUT2D eigenvalue weighted by molar-refractivity contribution is 0.00668. The van der Waals surface area contributed by atoms with E-state index in [0.29, 0.717) is 12.5 Å². The van der Waals surface area contributed by atoms with E-state index in [1.807, 2.05) is 20.8 Å². The molecule has 144 valence electrons. The lowest BCUT2D eigenvalue weighted by atomic mass is 9.86. The molecule has 0 radical (unpaired) electrons. The second-order valence-electron chi connectivity index (χ2n) is 7.97. The van der Waals surface area contributed by atoms with Crippen LogP contribution in [0.15, 0.2) is 24.3 Å². The first-order valence-corrected chi connectivity index (χ1v) is 9.12. The van der Waals surface area contributed by atoms with Crippen LogP contribution in [0.3, 0.4) is 0 Å². The number of ether oxygens (including phenoxy) is 1. The van der Waals surface area contributed by atoms with E-state index in [0.717, 1.165) is 31.2 Å². The molecule has 0 aromatic heterocycles. The zero-order chi connectivity index (χ0) is 19.3. The molecule has 0 spiro atoms. The molecule has 0 atom stereocenters. The zero-order valence-corrected chi connectivity index (χ0v) is 15.8. The van der Waals surface area contributed by atoms with Gasteiger partial charge >= 0.3 is 12.1 Å². The lowest BCUT2D eigenvalue weighted by Gasteiger charge is -2.37. The summed E-state index contributed by atoms with van der Waals surface area (Å²) in [5.41, 5.74) is 0.510. The molecule has 1 aromatic rings. The van der Waals surface area contributed by atoms with Crippen LogP contribution < -0.4 is 0 Å². The highest BCUT2D eigenvalue weighted by Crippen LogP contribution is 2.29. The fraction of sp³-hybridized carbons (Fsp3) is 0.600. The summed E-state index contributed by atoms with van der Waals surface area (Å²) in [6.07, 6.45) is 3.08. The van der Waals surface area contributed by atoms with E-state index in [2.05, 4.69) is 0 Å². The maximum atomic E-state index is 12.7. The number of carboxylic acids is 1. The van der Waals surface area contributed by atoms with Crippen LogP contribution in [-0.2, 0) is 11.3 Å². The normalized spacial score (nSPS) is 20.5. The van der Waals surface area contributed by atoms with Gasteiger partial charge in [-0.05, 0) is 70.1 Å². The van der Waals surface area contributed by atoms with Crippen molar-refractivity contribution in [1.82, 2.24) is 4.90 Å². The van der Waals surface area contributed by atoms with Gasteiger partial charge in [-0.1, -0.05) is 12.1 Å². The molecule has 2 N–H and O–H groups in total. The van der Waals surface area contributed by atoms with E-state index in [4.69, 9.17) is 9.84 Å². The second-order valence-corrected chi connectivity index (χ2v) is 7.97. The van der Waals surface area contributed by atoms with Gasteiger partial charge in [0.05, 0.1) is 5.56 Å². The molecule has 0 unspecified atom stereocenters. The van der Waals surface area contributed by atoms with Gasteiger partial charge in [0, 0.05) is 19.2 Å². The number of rotatable bonds is 5. The van der Waals surface area contributed by atoms with Crippen LogP contribution in [0.5, 0.6) is 0 Å². The summed E-state index contributed by atoms with van der Waals surface area (Å²) in [7, 11) is 0. The van der Waals surface area contributed by atoms with E-state index in [9.17, 15) is 14.7 Å². The first kappa shape index (κ1) is 20.2. The van der Waals surface area contributed by atoms with Crippen molar-refractivity contribution in [3.05, 3.63) is 35.4 Å². The van der Waals surface area contributed by atoms with Crippen molar-refractivity contribution in [3.8, 4) is 0 Å². The Hall–Kier alpha value is -2.08. The van der Waals surface area contributed by atoms with Crippen LogP contribution in [0.1, 0.15) is 62.4 Å². The number of carbonyl (C=O) groups excluding carboxylic acids is 1. The second kappa shape index (κ2) is 8.54. The predicted molar refractivity (Wildman–Crippen MR) is 98.0 cm³/mol. The van der Waals surface area contributed by atoms with E-state index in [1.165, 1.54) is 0 Å². The fourth-order valence-electron chi connectivity index (χ4n) is 3.25. The molecule has 0 aliphatic heterocycles. The number of aromatic carboxylic acids is 1. The highest BCUT2D eigenvalue weighted by Gasteiger charge is 2.31. The smallest absolute Gasteiger partial charge is 0.410 e. The molecule has 2 rings (SSSR count). The minimum atomic E-state index is -0.970. The van der Waals surface area contributed by atoms with Crippen molar-refractivity contribution in [3.63, 3.8) is 0 Å². The number of hydrogen-bond acceptors (Lipinski definition) is 4. The third-order valence-electron chi connectivity index (χ3n) is 4.70. The van der Waals surface area contributed by atoms with Crippen LogP contribution >= 0.6 is 0 Å². The number of amides is 1. The van der Waals surface area contributed by atoms with Crippen LogP contribution in [0.4, 0.5) is 4.79 Å². The maximum absolute atomic E-state index is 12.7. The predicted octanol–water partition coefficient (Wildman–Crippen LogP) is 3.67. The fourth-order valence-corrected chi connectivity index (χ4v) is 3.25. The SMILES string of the molecule is CC(C)(C)OC(=O)N(Cc1ccc(C(=O)O)cc1)C1CCC(CO)CC1. The summed E-state index contributed by atoms with van der Waals surface area (Å²) in [4.78, 5) is 25.5. The van der Waals surface area contributed by atoms with Crippen LogP contribution in [0, 0.1) is 5.92 Å². The number of nitrogens with zero attached hydrogens (tertiary/aromatic N) is 1. The van der Waals surface area contributed by atoms with Gasteiger partial charge in [-0.2, -0.15) is 0 Å². The Labute approximate surface area is 154 Å². The average Bonchev–Trinajstić information content (AvgIpc) is 2.58. The largest absolute Gasteiger partial charge is 0.478 e. The minimum Gasteiger partial charge on any atom is -0.478 e. The molecular weight excluding hydrogens is 334 g/mol. The molecule has 6 nitrogen and oxygen atoms in total. The third-order valence-corrected chi connectivity index (χ3v) is 4.70. The van der Waals surface area contributed by atoms with Crippen molar-refractivity contribution in [2.24, 2.45) is 5.92 Å². The Morgan fingerprint density at radius 1 is 1.12 bits per heavy atom. The number of benzene rings is 1. The van der Waals surface area contributed by atoms with Crippen LogP contribution in [0.2, 0.25) is 0 Å². The zero-order valence-electron chi connectivity index (χ0n) is 15.8. The first-order valence-electron chi connectivity index (χ1n) is 9.12. The van der Waals surface area contributed by atoms with Crippen LogP contribution in [-0.4, -0.2) is 45.4 Å². The molecule has 6 heteroatoms. The summed E-state index contributed by atoms with van der Waals surface area (Å²) in [6.45, 7) is 6.09. The van der Waals surface area contributed by atoms with Gasteiger partial charge in [-0.25, -0.2) is 9.59 Å². The molecule has 1 aliphatic carbocycles. The number of carbonyl (C=O) groups is 2. The Balaban J connectivity index is 2.14. The molecule has 26 heavy (non-hydrogen) atoms. The summed E-state index contributed by atoms with van der Waals surface area (Å²) in [5.74, 6) is -0.663. The highest BCUT2D eigenvalue weighted by atomic mass is 16.6. The quantitative estimate of drug-likeness (QED) is 0.833. The third kappa shape index (κ3) is 5.73. The number of hydrogen-bond donors (Lipinski definition) is 2. The number of carboxylic acid groups (broad SMARTS) is 1. The van der Waals surface area contributed by atoms with Gasteiger partial charge in [0.15, 0.2) is 0 Å². The Bertz CT molecular complexity index is 612. The molecule has 1 fully saturated rings. The maximum Gasteiger partial charge on any atom is 0.410 e. The molecule has 1 amide bonds. The van der Waals surface area contributed by atoms with Gasteiger partial charge in [-0.15, -0.1) is 0 Å². The minimum absolute atomic E-state index is 0.0619. The lowest BCUT2D eigenvalue weighted by Crippen LogP contribution is -2.44. The van der Waals surface area contributed by atoms with Crippen molar-refractivity contribution in [2.45, 2.75) is 64.6 Å². The summed E-state index contributed by atoms with van der Waals surface area (Å²) >= 11 is 0. The first-order chi connectivity index (χ1) is 12.2. The number of aliphatic hydroxyl groups is 1. The Kier molecular flexibility index (Phi) is 6.64. The molecular formula is C20H29NO5. The van der Waals surface area contributed by atoms with Gasteiger partial charge in [0.25, 0.3) is 0 Å². The molecule has 1 aromatic carbocycles. The van der Waals surface area contributed by atoms with E-state index in [1.54, 1.807) is 29.2 Å². The molecule has 0 saturated heterocycles.